The Morgan fingerprint density at radius 2 is 2.19 bits per heavy atom. The van der Waals surface area contributed by atoms with Crippen molar-refractivity contribution in [2.24, 2.45) is 0 Å². The number of nitrogens with one attached hydrogen (secondary N) is 1. The zero-order valence-corrected chi connectivity index (χ0v) is 13.4. The second-order valence-corrected chi connectivity index (χ2v) is 6.65. The molecule has 5 heteroatoms. The number of aromatic nitrogens is 2. The van der Waals surface area contributed by atoms with Crippen LogP contribution in [-0.2, 0) is 30.7 Å². The molecule has 2 aromatic rings. The number of nitrogens with zero attached hydrogens (tertiary/aromatic N) is 2. The third-order valence-corrected chi connectivity index (χ3v) is 5.16. The number of aryl methyl sites for hydroxylation is 3. The van der Waals surface area contributed by atoms with Crippen molar-refractivity contribution in [3.8, 4) is 0 Å². The topological polar surface area (TPSA) is 46.9 Å². The number of hydrogen-bond donors (Lipinski definition) is 1. The first-order valence-corrected chi connectivity index (χ1v) is 8.37. The van der Waals surface area contributed by atoms with Gasteiger partial charge in [0.05, 0.1) is 12.2 Å². The molecule has 1 N–H and O–H groups in total. The van der Waals surface area contributed by atoms with Gasteiger partial charge < -0.3 is 9.88 Å². The normalized spacial score (nSPS) is 14.0. The Kier molecular flexibility index (Phi) is 4.10. The first kappa shape index (κ1) is 14.3. The summed E-state index contributed by atoms with van der Waals surface area (Å²) in [6.07, 6.45) is 4.52. The molecular formula is C16H21N3OS. The molecule has 0 fully saturated rings. The number of fused-ring (bicyclic) bond motifs is 1. The van der Waals surface area contributed by atoms with E-state index in [9.17, 15) is 4.79 Å². The van der Waals surface area contributed by atoms with Crippen LogP contribution in [-0.4, -0.2) is 15.5 Å². The SMILES string of the molecule is Cc1ccsc1CNC(=O)Cn1c(C)nc2c1CCCC2. The van der Waals surface area contributed by atoms with E-state index in [1.54, 1.807) is 11.3 Å². The van der Waals surface area contributed by atoms with E-state index in [0.717, 1.165) is 18.7 Å². The molecular weight excluding hydrogens is 282 g/mol. The van der Waals surface area contributed by atoms with E-state index in [0.29, 0.717) is 13.1 Å². The van der Waals surface area contributed by atoms with Crippen LogP contribution in [0.4, 0.5) is 0 Å². The Bertz CT molecular complexity index is 657. The third-order valence-electron chi connectivity index (χ3n) is 4.14. The fourth-order valence-electron chi connectivity index (χ4n) is 2.91. The smallest absolute Gasteiger partial charge is 0.240 e. The molecule has 0 spiro atoms. The highest BCUT2D eigenvalue weighted by Crippen LogP contribution is 2.22. The highest BCUT2D eigenvalue weighted by atomic mass is 32.1. The lowest BCUT2D eigenvalue weighted by molar-refractivity contribution is -0.121. The molecule has 1 aliphatic rings. The highest BCUT2D eigenvalue weighted by molar-refractivity contribution is 7.10. The van der Waals surface area contributed by atoms with Gasteiger partial charge in [-0.05, 0) is 56.5 Å². The molecule has 21 heavy (non-hydrogen) atoms. The minimum atomic E-state index is 0.0664. The van der Waals surface area contributed by atoms with Gasteiger partial charge in [-0.3, -0.25) is 4.79 Å². The molecule has 112 valence electrons. The summed E-state index contributed by atoms with van der Waals surface area (Å²) in [4.78, 5) is 18.0. The fourth-order valence-corrected chi connectivity index (χ4v) is 3.75. The van der Waals surface area contributed by atoms with Crippen molar-refractivity contribution in [2.75, 3.05) is 0 Å². The molecule has 0 radical (unpaired) electrons. The van der Waals surface area contributed by atoms with Crippen LogP contribution in [0.2, 0.25) is 0 Å². The third kappa shape index (κ3) is 3.02. The summed E-state index contributed by atoms with van der Waals surface area (Å²) in [5, 5.41) is 5.08. The van der Waals surface area contributed by atoms with Crippen molar-refractivity contribution in [1.29, 1.82) is 0 Å². The summed E-state index contributed by atoms with van der Waals surface area (Å²) < 4.78 is 2.09. The standard InChI is InChI=1S/C16H21N3OS/c1-11-7-8-21-15(11)9-17-16(20)10-19-12(2)18-13-5-3-4-6-14(13)19/h7-8H,3-6,9-10H2,1-2H3,(H,17,20). The Morgan fingerprint density at radius 3 is 2.95 bits per heavy atom. The Morgan fingerprint density at radius 1 is 1.38 bits per heavy atom. The lowest BCUT2D eigenvalue weighted by Crippen LogP contribution is -2.28. The molecule has 1 amide bonds. The Hall–Kier alpha value is -1.62. The number of imidazole rings is 1. The van der Waals surface area contributed by atoms with E-state index in [4.69, 9.17) is 0 Å². The van der Waals surface area contributed by atoms with Crippen LogP contribution >= 0.6 is 11.3 Å². The van der Waals surface area contributed by atoms with Crippen molar-refractivity contribution in [2.45, 2.75) is 52.6 Å². The second-order valence-electron chi connectivity index (χ2n) is 5.65. The van der Waals surface area contributed by atoms with Crippen LogP contribution < -0.4 is 5.32 Å². The average Bonchev–Trinajstić information content (AvgIpc) is 3.01. The molecule has 0 bridgehead atoms. The summed E-state index contributed by atoms with van der Waals surface area (Å²) in [5.41, 5.74) is 3.71. The molecule has 2 heterocycles. The second kappa shape index (κ2) is 6.02. The summed E-state index contributed by atoms with van der Waals surface area (Å²) in [6.45, 7) is 5.08. The van der Waals surface area contributed by atoms with Crippen molar-refractivity contribution in [1.82, 2.24) is 14.9 Å². The van der Waals surface area contributed by atoms with Gasteiger partial charge >= 0.3 is 0 Å². The number of amides is 1. The Labute approximate surface area is 129 Å². The minimum absolute atomic E-state index is 0.0664. The van der Waals surface area contributed by atoms with Crippen LogP contribution in [0.25, 0.3) is 0 Å². The van der Waals surface area contributed by atoms with E-state index in [1.165, 1.54) is 34.7 Å². The van der Waals surface area contributed by atoms with Gasteiger partial charge in [-0.2, -0.15) is 0 Å². The van der Waals surface area contributed by atoms with Crippen molar-refractivity contribution in [3.05, 3.63) is 39.1 Å². The number of thiophene rings is 1. The lowest BCUT2D eigenvalue weighted by Gasteiger charge is -2.14. The predicted molar refractivity (Wildman–Crippen MR) is 84.5 cm³/mol. The van der Waals surface area contributed by atoms with Gasteiger partial charge in [0, 0.05) is 10.6 Å². The number of carbonyl (C=O) groups excluding carboxylic acids is 1. The summed E-state index contributed by atoms with van der Waals surface area (Å²) in [6, 6.07) is 2.09. The fraction of sp³-hybridized carbons (Fsp3) is 0.500. The molecule has 0 aliphatic heterocycles. The van der Waals surface area contributed by atoms with E-state index >= 15 is 0 Å². The van der Waals surface area contributed by atoms with E-state index < -0.39 is 0 Å². The maximum Gasteiger partial charge on any atom is 0.240 e. The zero-order valence-electron chi connectivity index (χ0n) is 12.6. The first-order chi connectivity index (χ1) is 10.1. The monoisotopic (exact) mass is 303 g/mol. The number of carbonyl (C=O) groups is 1. The summed E-state index contributed by atoms with van der Waals surface area (Å²) in [7, 11) is 0. The molecule has 0 unspecified atom stereocenters. The lowest BCUT2D eigenvalue weighted by atomic mass is 10.0. The van der Waals surface area contributed by atoms with E-state index in [1.807, 2.05) is 6.92 Å². The molecule has 0 saturated heterocycles. The highest BCUT2D eigenvalue weighted by Gasteiger charge is 2.19. The quantitative estimate of drug-likeness (QED) is 0.944. The van der Waals surface area contributed by atoms with Gasteiger partial charge in [-0.1, -0.05) is 0 Å². The Balaban J connectivity index is 1.65. The number of hydrogen-bond acceptors (Lipinski definition) is 3. The summed E-state index contributed by atoms with van der Waals surface area (Å²) >= 11 is 1.69. The average molecular weight is 303 g/mol. The van der Waals surface area contributed by atoms with Crippen molar-refractivity contribution < 1.29 is 4.79 Å². The van der Waals surface area contributed by atoms with Crippen LogP contribution in [0, 0.1) is 13.8 Å². The predicted octanol–water partition coefficient (Wildman–Crippen LogP) is 2.76. The zero-order chi connectivity index (χ0) is 14.8. The van der Waals surface area contributed by atoms with E-state index in [-0.39, 0.29) is 5.91 Å². The first-order valence-electron chi connectivity index (χ1n) is 7.49. The molecule has 4 nitrogen and oxygen atoms in total. The molecule has 0 saturated carbocycles. The molecule has 0 aromatic carbocycles. The van der Waals surface area contributed by atoms with Crippen molar-refractivity contribution >= 4 is 17.2 Å². The van der Waals surface area contributed by atoms with Crippen LogP contribution in [0.15, 0.2) is 11.4 Å². The van der Waals surface area contributed by atoms with Gasteiger partial charge in [0.25, 0.3) is 0 Å². The maximum atomic E-state index is 12.2. The van der Waals surface area contributed by atoms with Crippen LogP contribution in [0.5, 0.6) is 0 Å². The van der Waals surface area contributed by atoms with E-state index in [2.05, 4.69) is 33.2 Å². The van der Waals surface area contributed by atoms with Crippen molar-refractivity contribution in [3.63, 3.8) is 0 Å². The van der Waals surface area contributed by atoms with Gasteiger partial charge in [0.1, 0.15) is 12.4 Å². The minimum Gasteiger partial charge on any atom is -0.350 e. The van der Waals surface area contributed by atoms with Gasteiger partial charge in [-0.15, -0.1) is 11.3 Å². The van der Waals surface area contributed by atoms with Crippen LogP contribution in [0.3, 0.4) is 0 Å². The van der Waals surface area contributed by atoms with Crippen LogP contribution in [0.1, 0.15) is 40.5 Å². The number of rotatable bonds is 4. The molecule has 2 aromatic heterocycles. The molecule has 3 rings (SSSR count). The molecule has 0 atom stereocenters. The summed E-state index contributed by atoms with van der Waals surface area (Å²) in [5.74, 6) is 1.03. The van der Waals surface area contributed by atoms with Gasteiger partial charge in [0.15, 0.2) is 0 Å². The molecule has 1 aliphatic carbocycles. The van der Waals surface area contributed by atoms with Gasteiger partial charge in [-0.25, -0.2) is 4.98 Å². The maximum absolute atomic E-state index is 12.2. The van der Waals surface area contributed by atoms with Gasteiger partial charge in [0.2, 0.25) is 5.91 Å². The largest absolute Gasteiger partial charge is 0.350 e.